The summed E-state index contributed by atoms with van der Waals surface area (Å²) in [6.07, 6.45) is 1.25. The summed E-state index contributed by atoms with van der Waals surface area (Å²) in [4.78, 5) is 14.1. The van der Waals surface area contributed by atoms with Gasteiger partial charge < -0.3 is 9.64 Å². The first kappa shape index (κ1) is 14.5. The van der Waals surface area contributed by atoms with Crippen LogP contribution in [-0.2, 0) is 9.53 Å². The molecule has 4 atom stereocenters. The largest absolute Gasteiger partial charge is 0.345 e. The van der Waals surface area contributed by atoms with Crippen LogP contribution in [0.5, 0.6) is 0 Å². The molecule has 0 saturated carbocycles. The van der Waals surface area contributed by atoms with Crippen LogP contribution >= 0.6 is 22.6 Å². The molecule has 4 heteroatoms. The monoisotopic (exact) mass is 371 g/mol. The van der Waals surface area contributed by atoms with E-state index in [9.17, 15) is 4.79 Å². The Bertz CT molecular complexity index is 460. The third-order valence-corrected chi connectivity index (χ3v) is 3.89. The van der Waals surface area contributed by atoms with Gasteiger partial charge in [-0.3, -0.25) is 4.79 Å². The van der Waals surface area contributed by atoms with Crippen molar-refractivity contribution in [2.24, 2.45) is 0 Å². The first-order valence-electron chi connectivity index (χ1n) is 6.35. The number of hydrogen-bond donors (Lipinski definition) is 0. The number of rotatable bonds is 3. The van der Waals surface area contributed by atoms with Crippen LogP contribution in [-0.4, -0.2) is 27.0 Å². The van der Waals surface area contributed by atoms with E-state index in [1.54, 1.807) is 11.0 Å². The summed E-state index contributed by atoms with van der Waals surface area (Å²) in [5.41, 5.74) is 1.10. The maximum Gasteiger partial charge on any atom is 0.237 e. The lowest BCUT2D eigenvalue weighted by Crippen LogP contribution is -2.43. The predicted molar refractivity (Wildman–Crippen MR) is 84.0 cm³/mol. The molecule has 19 heavy (non-hydrogen) atoms. The fraction of sp³-hybridized carbons (Fsp3) is 0.400. The lowest BCUT2D eigenvalue weighted by molar-refractivity contribution is -0.134. The smallest absolute Gasteiger partial charge is 0.237 e. The van der Waals surface area contributed by atoms with Crippen LogP contribution < -0.4 is 0 Å². The summed E-state index contributed by atoms with van der Waals surface area (Å²) < 4.78 is 5.91. The molecule has 1 aromatic carbocycles. The number of alkyl halides is 1. The van der Waals surface area contributed by atoms with Crippen LogP contribution in [0.15, 0.2) is 43.0 Å². The number of carbonyl (C=O) groups excluding carboxylic acids is 1. The number of halogens is 1. The predicted octanol–water partition coefficient (Wildman–Crippen LogP) is 3.31. The van der Waals surface area contributed by atoms with Crippen LogP contribution in [0.3, 0.4) is 0 Å². The number of benzene rings is 1. The minimum atomic E-state index is -0.343. The summed E-state index contributed by atoms with van der Waals surface area (Å²) in [5, 5.41) is 0. The SMILES string of the molecule is C=CC1O[C@H](c2ccccc2)[C@H](C)N1C(=O)C(C)I. The number of amides is 1. The van der Waals surface area contributed by atoms with Crippen molar-refractivity contribution in [2.75, 3.05) is 0 Å². The standard InChI is InChI=1S/C15H18INO2/c1-4-13-17(15(18)10(2)16)11(3)14(19-13)12-8-6-5-7-9-12/h4-11,13-14H,1H2,2-3H3/t10?,11-,13?,14-/m0/s1. The van der Waals surface area contributed by atoms with Crippen molar-refractivity contribution in [3.05, 3.63) is 48.6 Å². The molecular formula is C15H18INO2. The van der Waals surface area contributed by atoms with Crippen LogP contribution in [0.1, 0.15) is 25.5 Å². The van der Waals surface area contributed by atoms with Gasteiger partial charge in [-0.2, -0.15) is 0 Å². The van der Waals surface area contributed by atoms with Gasteiger partial charge in [0, 0.05) is 0 Å². The van der Waals surface area contributed by atoms with Crippen molar-refractivity contribution in [1.29, 1.82) is 0 Å². The fourth-order valence-corrected chi connectivity index (χ4v) is 2.73. The number of ether oxygens (including phenoxy) is 1. The molecule has 1 aliphatic rings. The molecule has 0 spiro atoms. The van der Waals surface area contributed by atoms with Gasteiger partial charge in [-0.25, -0.2) is 0 Å². The Morgan fingerprint density at radius 1 is 1.47 bits per heavy atom. The average Bonchev–Trinajstić information content (AvgIpc) is 2.75. The molecule has 1 aromatic rings. The van der Waals surface area contributed by atoms with Gasteiger partial charge in [0.1, 0.15) is 6.10 Å². The van der Waals surface area contributed by atoms with Crippen molar-refractivity contribution in [3.8, 4) is 0 Å². The highest BCUT2D eigenvalue weighted by Gasteiger charge is 2.42. The van der Waals surface area contributed by atoms with Gasteiger partial charge in [-0.05, 0) is 25.5 Å². The Hall–Kier alpha value is -0.880. The highest BCUT2D eigenvalue weighted by Crippen LogP contribution is 2.36. The van der Waals surface area contributed by atoms with E-state index in [4.69, 9.17) is 4.74 Å². The van der Waals surface area contributed by atoms with Crippen LogP contribution in [0.2, 0.25) is 0 Å². The van der Waals surface area contributed by atoms with E-state index < -0.39 is 0 Å². The second-order valence-corrected chi connectivity index (χ2v) is 6.56. The van der Waals surface area contributed by atoms with Crippen LogP contribution in [0.4, 0.5) is 0 Å². The number of carbonyl (C=O) groups is 1. The summed E-state index contributed by atoms with van der Waals surface area (Å²) >= 11 is 2.14. The molecule has 102 valence electrons. The minimum Gasteiger partial charge on any atom is -0.345 e. The third-order valence-electron chi connectivity index (χ3n) is 3.36. The van der Waals surface area contributed by atoms with Gasteiger partial charge in [0.05, 0.1) is 9.97 Å². The molecule has 1 amide bonds. The summed E-state index contributed by atoms with van der Waals surface area (Å²) in [6.45, 7) is 7.70. The second-order valence-electron chi connectivity index (χ2n) is 4.70. The molecule has 1 heterocycles. The Kier molecular flexibility index (Phi) is 4.62. The molecule has 3 nitrogen and oxygen atoms in total. The Morgan fingerprint density at radius 3 is 2.63 bits per heavy atom. The van der Waals surface area contributed by atoms with E-state index in [-0.39, 0.29) is 28.2 Å². The molecule has 1 aliphatic heterocycles. The van der Waals surface area contributed by atoms with Crippen molar-refractivity contribution in [3.63, 3.8) is 0 Å². The van der Waals surface area contributed by atoms with Crippen molar-refractivity contribution in [2.45, 2.75) is 36.1 Å². The molecule has 0 aromatic heterocycles. The van der Waals surface area contributed by atoms with Gasteiger partial charge in [0.15, 0.2) is 6.23 Å². The lowest BCUT2D eigenvalue weighted by atomic mass is 10.0. The van der Waals surface area contributed by atoms with Gasteiger partial charge in [-0.15, -0.1) is 0 Å². The van der Waals surface area contributed by atoms with E-state index in [0.717, 1.165) is 5.56 Å². The highest BCUT2D eigenvalue weighted by atomic mass is 127. The molecule has 1 saturated heterocycles. The number of nitrogens with zero attached hydrogens (tertiary/aromatic N) is 1. The molecule has 0 aliphatic carbocycles. The van der Waals surface area contributed by atoms with E-state index in [1.165, 1.54) is 0 Å². The first-order valence-corrected chi connectivity index (χ1v) is 7.60. The third kappa shape index (κ3) is 2.84. The van der Waals surface area contributed by atoms with Gasteiger partial charge in [0.2, 0.25) is 5.91 Å². The molecule has 0 bridgehead atoms. The molecule has 0 radical (unpaired) electrons. The minimum absolute atomic E-state index is 0.00937. The zero-order valence-corrected chi connectivity index (χ0v) is 13.3. The maximum absolute atomic E-state index is 12.3. The van der Waals surface area contributed by atoms with E-state index in [2.05, 4.69) is 29.2 Å². The number of hydrogen-bond acceptors (Lipinski definition) is 2. The van der Waals surface area contributed by atoms with Gasteiger partial charge >= 0.3 is 0 Å². The zero-order chi connectivity index (χ0) is 14.0. The molecule has 0 N–H and O–H groups in total. The summed E-state index contributed by atoms with van der Waals surface area (Å²) in [5.74, 6) is 0.0939. The highest BCUT2D eigenvalue weighted by molar-refractivity contribution is 14.1. The van der Waals surface area contributed by atoms with Crippen molar-refractivity contribution >= 4 is 28.5 Å². The normalized spacial score (nSPS) is 28.2. The molecule has 1 fully saturated rings. The second kappa shape index (κ2) is 6.05. The molecule has 2 unspecified atom stereocenters. The summed E-state index contributed by atoms with van der Waals surface area (Å²) in [6, 6.07) is 10.0. The maximum atomic E-state index is 12.3. The van der Waals surface area contributed by atoms with Crippen LogP contribution in [0, 0.1) is 0 Å². The van der Waals surface area contributed by atoms with Crippen LogP contribution in [0.25, 0.3) is 0 Å². The molecular weight excluding hydrogens is 353 g/mol. The Labute approximate surface area is 127 Å². The van der Waals surface area contributed by atoms with Crippen molar-refractivity contribution in [1.82, 2.24) is 4.90 Å². The quantitative estimate of drug-likeness (QED) is 0.464. The zero-order valence-electron chi connectivity index (χ0n) is 11.1. The topological polar surface area (TPSA) is 29.5 Å². The summed E-state index contributed by atoms with van der Waals surface area (Å²) in [7, 11) is 0. The lowest BCUT2D eigenvalue weighted by Gasteiger charge is -2.26. The first-order chi connectivity index (χ1) is 9.06. The van der Waals surface area contributed by atoms with Gasteiger partial charge in [-0.1, -0.05) is 59.5 Å². The molecule has 2 rings (SSSR count). The van der Waals surface area contributed by atoms with E-state index >= 15 is 0 Å². The Morgan fingerprint density at radius 2 is 2.11 bits per heavy atom. The van der Waals surface area contributed by atoms with E-state index in [0.29, 0.717) is 0 Å². The van der Waals surface area contributed by atoms with Gasteiger partial charge in [0.25, 0.3) is 0 Å². The van der Waals surface area contributed by atoms with E-state index in [1.807, 2.05) is 44.2 Å². The average molecular weight is 371 g/mol. The van der Waals surface area contributed by atoms with Crippen molar-refractivity contribution < 1.29 is 9.53 Å². The fourth-order valence-electron chi connectivity index (χ4n) is 2.41. The Balaban J connectivity index is 2.27.